The van der Waals surface area contributed by atoms with Gasteiger partial charge in [0.1, 0.15) is 19.0 Å². The van der Waals surface area contributed by atoms with Gasteiger partial charge in [-0.15, -0.1) is 0 Å². The first-order valence-corrected chi connectivity index (χ1v) is 6.62. The van der Waals surface area contributed by atoms with Crippen LogP contribution in [0.3, 0.4) is 0 Å². The summed E-state index contributed by atoms with van der Waals surface area (Å²) in [5.41, 5.74) is 7.16. The first-order chi connectivity index (χ1) is 10.2. The molecule has 0 fully saturated rings. The number of carbonyl (C=O) groups is 1. The maximum absolute atomic E-state index is 11.5. The van der Waals surface area contributed by atoms with Crippen molar-refractivity contribution in [1.29, 1.82) is 0 Å². The number of nitrogen functional groups attached to an aromatic ring is 1. The molecule has 0 amide bonds. The van der Waals surface area contributed by atoms with Crippen molar-refractivity contribution in [3.05, 3.63) is 66.2 Å². The highest BCUT2D eigenvalue weighted by Gasteiger charge is 1.98. The number of nitrogens with two attached hydrogens (primary N) is 1. The lowest BCUT2D eigenvalue weighted by Gasteiger charge is -2.05. The smallest absolute Gasteiger partial charge is 0.330 e. The van der Waals surface area contributed by atoms with Crippen molar-refractivity contribution >= 4 is 17.7 Å². The Bertz CT molecular complexity index is 608. The molecule has 4 heteroatoms. The summed E-state index contributed by atoms with van der Waals surface area (Å²) < 4.78 is 10.5. The average molecular weight is 283 g/mol. The van der Waals surface area contributed by atoms with Crippen molar-refractivity contribution in [2.75, 3.05) is 18.9 Å². The monoisotopic (exact) mass is 283 g/mol. The van der Waals surface area contributed by atoms with Crippen molar-refractivity contribution in [3.63, 3.8) is 0 Å². The Hall–Kier alpha value is -2.75. The van der Waals surface area contributed by atoms with E-state index in [4.69, 9.17) is 15.2 Å². The molecule has 0 aliphatic rings. The van der Waals surface area contributed by atoms with Crippen LogP contribution >= 0.6 is 0 Å². The Balaban J connectivity index is 1.70. The molecule has 0 aromatic heterocycles. The molecule has 2 aromatic carbocycles. The van der Waals surface area contributed by atoms with Gasteiger partial charge in [0.2, 0.25) is 0 Å². The zero-order chi connectivity index (χ0) is 14.9. The molecule has 2 rings (SSSR count). The largest absolute Gasteiger partial charge is 0.490 e. The molecule has 4 nitrogen and oxygen atoms in total. The Morgan fingerprint density at radius 2 is 1.86 bits per heavy atom. The Morgan fingerprint density at radius 1 is 1.05 bits per heavy atom. The van der Waals surface area contributed by atoms with Crippen LogP contribution in [-0.2, 0) is 9.53 Å². The van der Waals surface area contributed by atoms with E-state index in [2.05, 4.69) is 0 Å². The van der Waals surface area contributed by atoms with Crippen molar-refractivity contribution in [1.82, 2.24) is 0 Å². The molecule has 108 valence electrons. The molecule has 2 N–H and O–H groups in total. The number of carbonyl (C=O) groups excluding carboxylic acids is 1. The summed E-state index contributed by atoms with van der Waals surface area (Å²) in [5.74, 6) is 0.345. The van der Waals surface area contributed by atoms with Crippen molar-refractivity contribution in [2.45, 2.75) is 0 Å². The standard InChI is InChI=1S/C17H17NO3/c18-15-6-4-5-14(13-15)9-10-17(19)21-12-11-20-16-7-2-1-3-8-16/h1-10,13H,11-12,18H2/b10-9+. The number of hydrogen-bond donors (Lipinski definition) is 1. The second kappa shape index (κ2) is 7.75. The molecule has 0 saturated carbocycles. The van der Waals surface area contributed by atoms with Crippen LogP contribution in [0.5, 0.6) is 5.75 Å². The van der Waals surface area contributed by atoms with Crippen molar-refractivity contribution in [2.24, 2.45) is 0 Å². The molecule has 0 spiro atoms. The third-order valence-electron chi connectivity index (χ3n) is 2.66. The maximum atomic E-state index is 11.5. The number of esters is 1. The second-order valence-electron chi connectivity index (χ2n) is 4.33. The zero-order valence-corrected chi connectivity index (χ0v) is 11.6. The quantitative estimate of drug-likeness (QED) is 0.383. The Morgan fingerprint density at radius 3 is 2.62 bits per heavy atom. The number of benzene rings is 2. The van der Waals surface area contributed by atoms with Gasteiger partial charge in [-0.25, -0.2) is 4.79 Å². The minimum Gasteiger partial charge on any atom is -0.490 e. The van der Waals surface area contributed by atoms with Crippen LogP contribution in [0.4, 0.5) is 5.69 Å². The normalized spacial score (nSPS) is 10.5. The van der Waals surface area contributed by atoms with E-state index in [0.29, 0.717) is 12.3 Å². The number of para-hydroxylation sites is 1. The summed E-state index contributed by atoms with van der Waals surface area (Å²) in [6.45, 7) is 0.525. The van der Waals surface area contributed by atoms with Crippen molar-refractivity contribution < 1.29 is 14.3 Å². The summed E-state index contributed by atoms with van der Waals surface area (Å²) in [5, 5.41) is 0. The summed E-state index contributed by atoms with van der Waals surface area (Å²) in [7, 11) is 0. The summed E-state index contributed by atoms with van der Waals surface area (Å²) in [6.07, 6.45) is 3.04. The van der Waals surface area contributed by atoms with Gasteiger partial charge in [0, 0.05) is 11.8 Å². The molecule has 0 saturated heterocycles. The Kier molecular flexibility index (Phi) is 5.41. The second-order valence-corrected chi connectivity index (χ2v) is 4.33. The molecule has 0 radical (unpaired) electrons. The highest BCUT2D eigenvalue weighted by Crippen LogP contribution is 2.09. The fourth-order valence-electron chi connectivity index (χ4n) is 1.69. The zero-order valence-electron chi connectivity index (χ0n) is 11.6. The van der Waals surface area contributed by atoms with Gasteiger partial charge < -0.3 is 15.2 Å². The van der Waals surface area contributed by atoms with Crippen molar-refractivity contribution in [3.8, 4) is 5.75 Å². The molecule has 0 heterocycles. The summed E-state index contributed by atoms with van der Waals surface area (Å²) in [4.78, 5) is 11.5. The lowest BCUT2D eigenvalue weighted by atomic mass is 10.2. The highest BCUT2D eigenvalue weighted by atomic mass is 16.6. The first-order valence-electron chi connectivity index (χ1n) is 6.62. The predicted molar refractivity (Wildman–Crippen MR) is 82.8 cm³/mol. The highest BCUT2D eigenvalue weighted by molar-refractivity contribution is 5.87. The van der Waals surface area contributed by atoms with Gasteiger partial charge in [0.05, 0.1) is 0 Å². The minimum atomic E-state index is -0.408. The third-order valence-corrected chi connectivity index (χ3v) is 2.66. The molecule has 0 unspecified atom stereocenters. The van der Waals surface area contributed by atoms with Gasteiger partial charge in [-0.1, -0.05) is 30.3 Å². The van der Waals surface area contributed by atoms with E-state index in [-0.39, 0.29) is 6.61 Å². The van der Waals surface area contributed by atoms with Gasteiger partial charge in [0.25, 0.3) is 0 Å². The number of anilines is 1. The van der Waals surface area contributed by atoms with Crippen LogP contribution < -0.4 is 10.5 Å². The van der Waals surface area contributed by atoms with E-state index in [9.17, 15) is 4.79 Å². The predicted octanol–water partition coefficient (Wildman–Crippen LogP) is 2.90. The number of hydrogen-bond acceptors (Lipinski definition) is 4. The fourth-order valence-corrected chi connectivity index (χ4v) is 1.69. The number of ether oxygens (including phenoxy) is 2. The fraction of sp³-hybridized carbons (Fsp3) is 0.118. The molecular weight excluding hydrogens is 266 g/mol. The molecular formula is C17H17NO3. The van der Waals surface area contributed by atoms with Crippen LogP contribution in [0.15, 0.2) is 60.7 Å². The summed E-state index contributed by atoms with van der Waals surface area (Å²) in [6, 6.07) is 16.6. The van der Waals surface area contributed by atoms with Gasteiger partial charge >= 0.3 is 5.97 Å². The van der Waals surface area contributed by atoms with E-state index < -0.39 is 5.97 Å². The topological polar surface area (TPSA) is 61.6 Å². The van der Waals surface area contributed by atoms with Gasteiger partial charge in [0.15, 0.2) is 0 Å². The third kappa shape index (κ3) is 5.40. The lowest BCUT2D eigenvalue weighted by molar-refractivity contribution is -0.138. The van der Waals surface area contributed by atoms with E-state index >= 15 is 0 Å². The van der Waals surface area contributed by atoms with Crippen LogP contribution in [0.1, 0.15) is 5.56 Å². The molecule has 21 heavy (non-hydrogen) atoms. The molecule has 2 aromatic rings. The number of rotatable bonds is 6. The lowest BCUT2D eigenvalue weighted by Crippen LogP contribution is -2.10. The molecule has 0 bridgehead atoms. The maximum Gasteiger partial charge on any atom is 0.330 e. The van der Waals surface area contributed by atoms with Crippen LogP contribution in [-0.4, -0.2) is 19.2 Å². The van der Waals surface area contributed by atoms with E-state index in [1.54, 1.807) is 18.2 Å². The van der Waals surface area contributed by atoms with Crippen LogP contribution in [0, 0.1) is 0 Å². The van der Waals surface area contributed by atoms with Gasteiger partial charge in [-0.05, 0) is 35.9 Å². The SMILES string of the molecule is Nc1cccc(/C=C/C(=O)OCCOc2ccccc2)c1. The Labute approximate surface area is 123 Å². The summed E-state index contributed by atoms with van der Waals surface area (Å²) >= 11 is 0. The average Bonchev–Trinajstić information content (AvgIpc) is 2.51. The van der Waals surface area contributed by atoms with E-state index in [1.807, 2.05) is 42.5 Å². The van der Waals surface area contributed by atoms with Gasteiger partial charge in [-0.3, -0.25) is 0 Å². The minimum absolute atomic E-state index is 0.203. The van der Waals surface area contributed by atoms with Gasteiger partial charge in [-0.2, -0.15) is 0 Å². The molecule has 0 aliphatic heterocycles. The molecule has 0 atom stereocenters. The first kappa shape index (κ1) is 14.7. The molecule has 0 aliphatic carbocycles. The van der Waals surface area contributed by atoms with E-state index in [0.717, 1.165) is 11.3 Å². The van der Waals surface area contributed by atoms with Crippen LogP contribution in [0.25, 0.3) is 6.08 Å². The van der Waals surface area contributed by atoms with Crippen LogP contribution in [0.2, 0.25) is 0 Å². The van der Waals surface area contributed by atoms with E-state index in [1.165, 1.54) is 6.08 Å².